The molecule has 0 N–H and O–H groups in total. The van der Waals surface area contributed by atoms with Gasteiger partial charge in [-0.2, -0.15) is 5.26 Å². The average Bonchev–Trinajstić information content (AvgIpc) is 2.87. The van der Waals surface area contributed by atoms with Gasteiger partial charge in [0.05, 0.1) is 11.3 Å². The van der Waals surface area contributed by atoms with Gasteiger partial charge in [-0.1, -0.05) is 12.1 Å². The van der Waals surface area contributed by atoms with Gasteiger partial charge in [0, 0.05) is 0 Å². The summed E-state index contributed by atoms with van der Waals surface area (Å²) in [5, 5.41) is 16.7. The van der Waals surface area contributed by atoms with Crippen molar-refractivity contribution in [2.24, 2.45) is 0 Å². The predicted octanol–water partition coefficient (Wildman–Crippen LogP) is 3.27. The summed E-state index contributed by atoms with van der Waals surface area (Å²) in [5.41, 5.74) is 2.19. The number of rotatable bonds is 5. The van der Waals surface area contributed by atoms with E-state index in [0.717, 1.165) is 16.9 Å². The maximum Gasteiger partial charge on any atom is 0.277 e. The van der Waals surface area contributed by atoms with Crippen molar-refractivity contribution < 1.29 is 9.15 Å². The van der Waals surface area contributed by atoms with E-state index in [1.807, 2.05) is 32.0 Å². The van der Waals surface area contributed by atoms with Gasteiger partial charge < -0.3 is 9.15 Å². The fraction of sp³-hybridized carbons (Fsp3) is 0.357. The van der Waals surface area contributed by atoms with Crippen LogP contribution in [0.5, 0.6) is 5.75 Å². The van der Waals surface area contributed by atoms with Crippen LogP contribution >= 0.6 is 11.8 Å². The van der Waals surface area contributed by atoms with Gasteiger partial charge in [0.25, 0.3) is 11.1 Å². The third-order valence-corrected chi connectivity index (χ3v) is 3.43. The Labute approximate surface area is 122 Å². The molecule has 0 bridgehead atoms. The number of aryl methyl sites for hydroxylation is 2. The van der Waals surface area contributed by atoms with E-state index in [4.69, 9.17) is 14.4 Å². The zero-order valence-corrected chi connectivity index (χ0v) is 12.4. The molecule has 0 aliphatic carbocycles. The highest BCUT2D eigenvalue weighted by Gasteiger charge is 2.11. The highest BCUT2D eigenvalue weighted by atomic mass is 32.2. The molecule has 1 atom stereocenters. The van der Waals surface area contributed by atoms with Crippen LogP contribution in [0.2, 0.25) is 0 Å². The fourth-order valence-electron chi connectivity index (χ4n) is 1.52. The van der Waals surface area contributed by atoms with Crippen LogP contribution < -0.4 is 4.74 Å². The molecule has 0 spiro atoms. The number of nitriles is 1. The maximum atomic E-state index is 8.73. The maximum absolute atomic E-state index is 8.73. The Balaban J connectivity index is 1.98. The van der Waals surface area contributed by atoms with E-state index in [0.29, 0.717) is 11.1 Å². The summed E-state index contributed by atoms with van der Waals surface area (Å²) in [7, 11) is 0. The molecule has 1 aromatic heterocycles. The molecule has 20 heavy (non-hydrogen) atoms. The van der Waals surface area contributed by atoms with E-state index in [1.165, 1.54) is 11.8 Å². The molecule has 6 heteroatoms. The van der Waals surface area contributed by atoms with Crippen LogP contribution in [0, 0.1) is 25.2 Å². The van der Waals surface area contributed by atoms with Gasteiger partial charge in [-0.15, -0.1) is 10.2 Å². The largest absolute Gasteiger partial charge is 0.484 e. The number of hydrogen-bond donors (Lipinski definition) is 0. The summed E-state index contributed by atoms with van der Waals surface area (Å²) in [6.07, 6.45) is 0. The Morgan fingerprint density at radius 3 is 2.95 bits per heavy atom. The minimum Gasteiger partial charge on any atom is -0.484 e. The standard InChI is InChI=1S/C14H15N3O2S/c1-9-4-5-10(2)12(6-9)18-8-13-16-17-14(19-13)20-11(3)7-15/h4-6,11H,8H2,1-3H3/t11-/m0/s1. The molecular weight excluding hydrogens is 274 g/mol. The Bertz CT molecular complexity index is 634. The number of thioether (sulfide) groups is 1. The average molecular weight is 289 g/mol. The fourth-order valence-corrected chi connectivity index (χ4v) is 2.11. The first-order valence-corrected chi connectivity index (χ1v) is 7.05. The molecule has 2 rings (SSSR count). The molecule has 104 valence electrons. The Hall–Kier alpha value is -2.00. The molecular formula is C14H15N3O2S. The molecule has 0 saturated carbocycles. The number of benzene rings is 1. The van der Waals surface area contributed by atoms with Crippen molar-refractivity contribution in [3.8, 4) is 11.8 Å². The molecule has 5 nitrogen and oxygen atoms in total. The van der Waals surface area contributed by atoms with E-state index in [1.54, 1.807) is 6.92 Å². The van der Waals surface area contributed by atoms with Crippen LogP contribution in [-0.2, 0) is 6.61 Å². The molecule has 1 heterocycles. The summed E-state index contributed by atoms with van der Waals surface area (Å²) in [5.74, 6) is 1.21. The second kappa shape index (κ2) is 6.44. The highest BCUT2D eigenvalue weighted by molar-refractivity contribution is 7.99. The van der Waals surface area contributed by atoms with Crippen molar-refractivity contribution in [1.29, 1.82) is 5.26 Å². The zero-order chi connectivity index (χ0) is 14.5. The van der Waals surface area contributed by atoms with Crippen molar-refractivity contribution in [2.45, 2.75) is 37.9 Å². The Kier molecular flexibility index (Phi) is 4.64. The number of ether oxygens (including phenoxy) is 1. The molecule has 0 unspecified atom stereocenters. The second-order valence-electron chi connectivity index (χ2n) is 4.41. The van der Waals surface area contributed by atoms with Gasteiger partial charge in [0.1, 0.15) is 5.75 Å². The topological polar surface area (TPSA) is 71.9 Å². The van der Waals surface area contributed by atoms with Crippen LogP contribution in [0.1, 0.15) is 23.9 Å². The minimum atomic E-state index is -0.219. The monoisotopic (exact) mass is 289 g/mol. The SMILES string of the molecule is Cc1ccc(C)c(OCc2nnc(S[C@@H](C)C#N)o2)c1. The van der Waals surface area contributed by atoms with Crippen molar-refractivity contribution in [1.82, 2.24) is 10.2 Å². The third kappa shape index (κ3) is 3.75. The zero-order valence-electron chi connectivity index (χ0n) is 11.6. The lowest BCUT2D eigenvalue weighted by Gasteiger charge is -2.07. The molecule has 0 aliphatic rings. The van der Waals surface area contributed by atoms with Gasteiger partial charge >= 0.3 is 0 Å². The van der Waals surface area contributed by atoms with Crippen LogP contribution in [0.25, 0.3) is 0 Å². The molecule has 1 aromatic carbocycles. The molecule has 2 aromatic rings. The molecule has 0 aliphatic heterocycles. The van der Waals surface area contributed by atoms with E-state index < -0.39 is 0 Å². The first-order chi connectivity index (χ1) is 9.58. The van der Waals surface area contributed by atoms with Crippen LogP contribution in [-0.4, -0.2) is 15.4 Å². The third-order valence-electron chi connectivity index (χ3n) is 2.60. The number of nitrogens with zero attached hydrogens (tertiary/aromatic N) is 3. The first-order valence-electron chi connectivity index (χ1n) is 6.17. The molecule has 0 fully saturated rings. The van der Waals surface area contributed by atoms with E-state index in [2.05, 4.69) is 16.3 Å². The predicted molar refractivity (Wildman–Crippen MR) is 75.5 cm³/mol. The Morgan fingerprint density at radius 2 is 2.20 bits per heavy atom. The molecule has 0 amide bonds. The summed E-state index contributed by atoms with van der Waals surface area (Å²) in [4.78, 5) is 0. The lowest BCUT2D eigenvalue weighted by atomic mass is 10.1. The molecule has 0 radical (unpaired) electrons. The van der Waals surface area contributed by atoms with Gasteiger partial charge in [-0.05, 0) is 49.7 Å². The normalized spacial score (nSPS) is 11.9. The van der Waals surface area contributed by atoms with E-state index in [-0.39, 0.29) is 11.9 Å². The van der Waals surface area contributed by atoms with Crippen molar-refractivity contribution >= 4 is 11.8 Å². The summed E-state index contributed by atoms with van der Waals surface area (Å²) in [6, 6.07) is 8.11. The first kappa shape index (κ1) is 14.4. The van der Waals surface area contributed by atoms with Crippen LogP contribution in [0.15, 0.2) is 27.8 Å². The summed E-state index contributed by atoms with van der Waals surface area (Å²) < 4.78 is 11.1. The lowest BCUT2D eigenvalue weighted by Crippen LogP contribution is -1.97. The van der Waals surface area contributed by atoms with E-state index >= 15 is 0 Å². The smallest absolute Gasteiger partial charge is 0.277 e. The van der Waals surface area contributed by atoms with Gasteiger partial charge in [0.2, 0.25) is 0 Å². The lowest BCUT2D eigenvalue weighted by molar-refractivity contribution is 0.250. The molecule has 0 saturated heterocycles. The summed E-state index contributed by atoms with van der Waals surface area (Å²) in [6.45, 7) is 6.00. The van der Waals surface area contributed by atoms with Crippen LogP contribution in [0.4, 0.5) is 0 Å². The van der Waals surface area contributed by atoms with Gasteiger partial charge in [-0.25, -0.2) is 0 Å². The quantitative estimate of drug-likeness (QED) is 0.787. The Morgan fingerprint density at radius 1 is 1.40 bits per heavy atom. The number of hydrogen-bond acceptors (Lipinski definition) is 6. The minimum absolute atomic E-state index is 0.219. The van der Waals surface area contributed by atoms with Crippen molar-refractivity contribution in [2.75, 3.05) is 0 Å². The van der Waals surface area contributed by atoms with Gasteiger partial charge in [-0.3, -0.25) is 0 Å². The van der Waals surface area contributed by atoms with Crippen molar-refractivity contribution in [3.63, 3.8) is 0 Å². The van der Waals surface area contributed by atoms with Crippen molar-refractivity contribution in [3.05, 3.63) is 35.2 Å². The highest BCUT2D eigenvalue weighted by Crippen LogP contribution is 2.23. The van der Waals surface area contributed by atoms with E-state index in [9.17, 15) is 0 Å². The second-order valence-corrected chi connectivity index (χ2v) is 5.70. The van der Waals surface area contributed by atoms with Crippen LogP contribution in [0.3, 0.4) is 0 Å². The van der Waals surface area contributed by atoms with Gasteiger partial charge in [0.15, 0.2) is 6.61 Å². The number of aromatic nitrogens is 2. The summed E-state index contributed by atoms with van der Waals surface area (Å²) >= 11 is 1.23.